The van der Waals surface area contributed by atoms with Gasteiger partial charge in [-0.05, 0) is 40.5 Å². The molecule has 0 fully saturated rings. The van der Waals surface area contributed by atoms with Gasteiger partial charge in [-0.3, -0.25) is 0 Å². The molecule has 2 aromatic rings. The number of hydrogen-bond acceptors (Lipinski definition) is 3. The van der Waals surface area contributed by atoms with E-state index in [1.165, 1.54) is 5.56 Å². The van der Waals surface area contributed by atoms with Crippen molar-refractivity contribution in [3.63, 3.8) is 0 Å². The summed E-state index contributed by atoms with van der Waals surface area (Å²) in [6, 6.07) is 11.3. The second-order valence-corrected chi connectivity index (χ2v) is 4.41. The van der Waals surface area contributed by atoms with E-state index >= 15 is 0 Å². The van der Waals surface area contributed by atoms with Crippen molar-refractivity contribution in [1.82, 2.24) is 4.98 Å². The van der Waals surface area contributed by atoms with Gasteiger partial charge < -0.3 is 9.47 Å². The summed E-state index contributed by atoms with van der Waals surface area (Å²) in [6.45, 7) is 2.03. The van der Waals surface area contributed by atoms with Crippen molar-refractivity contribution >= 4 is 15.9 Å². The average molecular weight is 294 g/mol. The van der Waals surface area contributed by atoms with Crippen LogP contribution in [-0.2, 0) is 0 Å². The van der Waals surface area contributed by atoms with Crippen LogP contribution in [0.3, 0.4) is 0 Å². The number of rotatable bonds is 3. The van der Waals surface area contributed by atoms with Crippen LogP contribution in [0.2, 0.25) is 0 Å². The van der Waals surface area contributed by atoms with Gasteiger partial charge in [-0.2, -0.15) is 4.98 Å². The first-order valence-corrected chi connectivity index (χ1v) is 5.93. The van der Waals surface area contributed by atoms with Crippen LogP contribution < -0.4 is 9.47 Å². The van der Waals surface area contributed by atoms with Crippen LogP contribution in [0, 0.1) is 6.92 Å². The van der Waals surface area contributed by atoms with Crippen molar-refractivity contribution in [2.24, 2.45) is 0 Å². The fourth-order valence-corrected chi connectivity index (χ4v) is 1.94. The highest BCUT2D eigenvalue weighted by Gasteiger charge is 2.04. The summed E-state index contributed by atoms with van der Waals surface area (Å²) < 4.78 is 11.6. The normalized spacial score (nSPS) is 10.1. The Morgan fingerprint density at radius 3 is 2.59 bits per heavy atom. The number of pyridine rings is 1. The standard InChI is InChI=1S/C13H12BrNO2/c1-9-6-7-11(10(14)8-9)17-13-5-3-4-12(15-13)16-2/h3-8H,1-2H3. The summed E-state index contributed by atoms with van der Waals surface area (Å²) in [5.41, 5.74) is 1.17. The summed E-state index contributed by atoms with van der Waals surface area (Å²) in [5.74, 6) is 1.77. The van der Waals surface area contributed by atoms with E-state index in [1.807, 2.05) is 31.2 Å². The minimum Gasteiger partial charge on any atom is -0.481 e. The zero-order valence-corrected chi connectivity index (χ0v) is 11.2. The van der Waals surface area contributed by atoms with Gasteiger partial charge >= 0.3 is 0 Å². The van der Waals surface area contributed by atoms with E-state index in [0.29, 0.717) is 11.8 Å². The Labute approximate surface area is 109 Å². The number of benzene rings is 1. The van der Waals surface area contributed by atoms with Crippen LogP contribution in [0.5, 0.6) is 17.5 Å². The van der Waals surface area contributed by atoms with Gasteiger partial charge in [0.05, 0.1) is 11.6 Å². The SMILES string of the molecule is COc1cccc(Oc2ccc(C)cc2Br)n1. The van der Waals surface area contributed by atoms with E-state index in [2.05, 4.69) is 20.9 Å². The summed E-state index contributed by atoms with van der Waals surface area (Å²) in [4.78, 5) is 4.18. The zero-order chi connectivity index (χ0) is 12.3. The van der Waals surface area contributed by atoms with Crippen LogP contribution in [0.15, 0.2) is 40.9 Å². The molecule has 0 aliphatic carbocycles. The van der Waals surface area contributed by atoms with Crippen LogP contribution in [0.25, 0.3) is 0 Å². The summed E-state index contributed by atoms with van der Waals surface area (Å²) >= 11 is 3.46. The number of aromatic nitrogens is 1. The Bertz CT molecular complexity index is 529. The summed E-state index contributed by atoms with van der Waals surface area (Å²) in [7, 11) is 1.58. The monoisotopic (exact) mass is 293 g/mol. The van der Waals surface area contributed by atoms with Crippen LogP contribution >= 0.6 is 15.9 Å². The van der Waals surface area contributed by atoms with E-state index in [4.69, 9.17) is 9.47 Å². The second-order valence-electron chi connectivity index (χ2n) is 3.55. The lowest BCUT2D eigenvalue weighted by Gasteiger charge is -2.08. The quantitative estimate of drug-likeness (QED) is 0.858. The lowest BCUT2D eigenvalue weighted by Crippen LogP contribution is -1.92. The Balaban J connectivity index is 2.25. The highest BCUT2D eigenvalue weighted by molar-refractivity contribution is 9.10. The van der Waals surface area contributed by atoms with Crippen molar-refractivity contribution in [1.29, 1.82) is 0 Å². The van der Waals surface area contributed by atoms with Gasteiger partial charge in [0.25, 0.3) is 0 Å². The molecule has 1 aromatic carbocycles. The molecule has 0 aliphatic rings. The summed E-state index contributed by atoms with van der Waals surface area (Å²) in [6.07, 6.45) is 0. The Kier molecular flexibility index (Phi) is 3.64. The Morgan fingerprint density at radius 2 is 1.88 bits per heavy atom. The maximum absolute atomic E-state index is 5.67. The highest BCUT2D eigenvalue weighted by Crippen LogP contribution is 2.30. The van der Waals surface area contributed by atoms with E-state index in [-0.39, 0.29) is 0 Å². The predicted octanol–water partition coefficient (Wildman–Crippen LogP) is 3.95. The van der Waals surface area contributed by atoms with E-state index in [9.17, 15) is 0 Å². The molecule has 17 heavy (non-hydrogen) atoms. The van der Waals surface area contributed by atoms with Crippen molar-refractivity contribution in [3.05, 3.63) is 46.4 Å². The van der Waals surface area contributed by atoms with E-state index in [0.717, 1.165) is 10.2 Å². The maximum atomic E-state index is 5.67. The first-order chi connectivity index (χ1) is 8.19. The third-order valence-electron chi connectivity index (χ3n) is 2.21. The maximum Gasteiger partial charge on any atom is 0.222 e. The molecule has 0 unspecified atom stereocenters. The molecule has 2 rings (SSSR count). The number of hydrogen-bond donors (Lipinski definition) is 0. The van der Waals surface area contributed by atoms with Crippen molar-refractivity contribution < 1.29 is 9.47 Å². The first-order valence-electron chi connectivity index (χ1n) is 5.14. The molecular weight excluding hydrogens is 282 g/mol. The lowest BCUT2D eigenvalue weighted by molar-refractivity contribution is 0.383. The molecule has 1 heterocycles. The minimum absolute atomic E-state index is 0.508. The van der Waals surface area contributed by atoms with Crippen LogP contribution in [-0.4, -0.2) is 12.1 Å². The van der Waals surface area contributed by atoms with Crippen molar-refractivity contribution in [2.45, 2.75) is 6.92 Å². The van der Waals surface area contributed by atoms with Gasteiger partial charge in [-0.1, -0.05) is 12.1 Å². The molecule has 0 spiro atoms. The van der Waals surface area contributed by atoms with Crippen LogP contribution in [0.4, 0.5) is 0 Å². The number of nitrogens with zero attached hydrogens (tertiary/aromatic N) is 1. The highest BCUT2D eigenvalue weighted by atomic mass is 79.9. The number of aryl methyl sites for hydroxylation is 1. The topological polar surface area (TPSA) is 31.4 Å². The van der Waals surface area contributed by atoms with Gasteiger partial charge in [-0.15, -0.1) is 0 Å². The molecule has 88 valence electrons. The van der Waals surface area contributed by atoms with Crippen LogP contribution in [0.1, 0.15) is 5.56 Å². The largest absolute Gasteiger partial charge is 0.481 e. The molecule has 1 aromatic heterocycles. The third-order valence-corrected chi connectivity index (χ3v) is 2.83. The Hall–Kier alpha value is -1.55. The molecule has 0 atom stereocenters. The molecule has 3 nitrogen and oxygen atoms in total. The van der Waals surface area contributed by atoms with Gasteiger partial charge in [0.1, 0.15) is 5.75 Å². The molecule has 0 saturated carbocycles. The number of ether oxygens (including phenoxy) is 2. The van der Waals surface area contributed by atoms with Gasteiger partial charge in [0.15, 0.2) is 0 Å². The first kappa shape index (κ1) is 11.9. The van der Waals surface area contributed by atoms with Gasteiger partial charge in [0, 0.05) is 12.1 Å². The fraction of sp³-hybridized carbons (Fsp3) is 0.154. The van der Waals surface area contributed by atoms with Gasteiger partial charge in [-0.25, -0.2) is 0 Å². The molecular formula is C13H12BrNO2. The van der Waals surface area contributed by atoms with Crippen molar-refractivity contribution in [3.8, 4) is 17.5 Å². The molecule has 0 aliphatic heterocycles. The second kappa shape index (κ2) is 5.19. The summed E-state index contributed by atoms with van der Waals surface area (Å²) in [5, 5.41) is 0. The van der Waals surface area contributed by atoms with Gasteiger partial charge in [0.2, 0.25) is 11.8 Å². The molecule has 0 bridgehead atoms. The smallest absolute Gasteiger partial charge is 0.222 e. The predicted molar refractivity (Wildman–Crippen MR) is 69.7 cm³/mol. The number of methoxy groups -OCH3 is 1. The van der Waals surface area contributed by atoms with Crippen molar-refractivity contribution in [2.75, 3.05) is 7.11 Å². The zero-order valence-electron chi connectivity index (χ0n) is 9.61. The minimum atomic E-state index is 0.508. The molecule has 0 amide bonds. The lowest BCUT2D eigenvalue weighted by atomic mass is 10.2. The van der Waals surface area contributed by atoms with E-state index < -0.39 is 0 Å². The fourth-order valence-electron chi connectivity index (χ4n) is 1.37. The molecule has 4 heteroatoms. The third kappa shape index (κ3) is 2.97. The average Bonchev–Trinajstić information content (AvgIpc) is 2.33. The number of halogens is 1. The van der Waals surface area contributed by atoms with E-state index in [1.54, 1.807) is 19.2 Å². The molecule has 0 saturated heterocycles. The molecule has 0 radical (unpaired) electrons. The Morgan fingerprint density at radius 1 is 1.12 bits per heavy atom. The molecule has 0 N–H and O–H groups in total.